The minimum atomic E-state index is -1.46. The van der Waals surface area contributed by atoms with Crippen molar-refractivity contribution in [1.29, 1.82) is 0 Å². The number of allylic oxidation sites excluding steroid dienone is 4. The maximum atomic E-state index is 16.6. The van der Waals surface area contributed by atoms with Crippen molar-refractivity contribution in [3.63, 3.8) is 0 Å². The van der Waals surface area contributed by atoms with Gasteiger partial charge in [-0.1, -0.05) is 32.4 Å². The van der Waals surface area contributed by atoms with Crippen LogP contribution in [-0.4, -0.2) is 28.9 Å². The molecule has 0 aromatic carbocycles. The molecule has 0 radical (unpaired) electrons. The lowest BCUT2D eigenvalue weighted by Crippen LogP contribution is -2.58. The lowest BCUT2D eigenvalue weighted by Gasteiger charge is -2.58. The van der Waals surface area contributed by atoms with E-state index in [0.717, 1.165) is 24.8 Å². The average molecular weight is 360 g/mol. The van der Waals surface area contributed by atoms with Gasteiger partial charge in [0.15, 0.2) is 11.6 Å². The van der Waals surface area contributed by atoms with Gasteiger partial charge >= 0.3 is 0 Å². The summed E-state index contributed by atoms with van der Waals surface area (Å²) in [6.45, 7) is 5.68. The van der Waals surface area contributed by atoms with Gasteiger partial charge in [-0.05, 0) is 55.1 Å². The molecule has 4 heteroatoms. The normalized spacial score (nSPS) is 49.9. The van der Waals surface area contributed by atoms with Crippen LogP contribution in [0.5, 0.6) is 0 Å². The molecule has 0 heterocycles. The third-order valence-corrected chi connectivity index (χ3v) is 8.36. The molecule has 2 saturated carbocycles. The Morgan fingerprint density at radius 1 is 1.27 bits per heavy atom. The highest BCUT2D eigenvalue weighted by Crippen LogP contribution is 2.67. The van der Waals surface area contributed by atoms with Crippen molar-refractivity contribution in [3.05, 3.63) is 23.8 Å². The van der Waals surface area contributed by atoms with Gasteiger partial charge in [0, 0.05) is 23.7 Å². The van der Waals surface area contributed by atoms with Crippen LogP contribution in [0, 0.1) is 34.5 Å². The van der Waals surface area contributed by atoms with Gasteiger partial charge in [0.2, 0.25) is 0 Å². The highest BCUT2D eigenvalue weighted by Gasteiger charge is 2.66. The van der Waals surface area contributed by atoms with Crippen molar-refractivity contribution >= 4 is 11.6 Å². The Balaban J connectivity index is 1.80. The summed E-state index contributed by atoms with van der Waals surface area (Å²) < 4.78 is 16.6. The summed E-state index contributed by atoms with van der Waals surface area (Å²) in [6, 6.07) is 0. The van der Waals surface area contributed by atoms with Crippen LogP contribution in [0.15, 0.2) is 23.8 Å². The summed E-state index contributed by atoms with van der Waals surface area (Å²) in [4.78, 5) is 24.3. The number of fused-ring (bicyclic) bond motifs is 5. The monoisotopic (exact) mass is 360 g/mol. The molecule has 2 fully saturated rings. The highest BCUT2D eigenvalue weighted by molar-refractivity contribution is 5.91. The SMILES string of the molecule is C[C@@H]1C[C@H]2[C@@H]3CCC4=CC(=O)CC[C@]4(C)[C@@]3(F)C=C[C@]2(C)[C@H]1C(=O)CO. The molecular formula is C22H29FO3. The van der Waals surface area contributed by atoms with Crippen molar-refractivity contribution < 1.29 is 19.1 Å². The van der Waals surface area contributed by atoms with Crippen molar-refractivity contribution in [2.75, 3.05) is 6.61 Å². The highest BCUT2D eigenvalue weighted by atomic mass is 19.1. The van der Waals surface area contributed by atoms with E-state index in [1.165, 1.54) is 0 Å². The first-order valence-electron chi connectivity index (χ1n) is 9.94. The summed E-state index contributed by atoms with van der Waals surface area (Å²) in [7, 11) is 0. The average Bonchev–Trinajstić information content (AvgIpc) is 2.86. The molecule has 3 nitrogen and oxygen atoms in total. The molecule has 0 spiro atoms. The Kier molecular flexibility index (Phi) is 3.90. The molecule has 0 unspecified atom stereocenters. The zero-order valence-corrected chi connectivity index (χ0v) is 15.9. The number of hydrogen-bond acceptors (Lipinski definition) is 3. The molecule has 142 valence electrons. The van der Waals surface area contributed by atoms with Crippen molar-refractivity contribution in [1.82, 2.24) is 0 Å². The molecule has 4 rings (SSSR count). The Labute approximate surface area is 154 Å². The smallest absolute Gasteiger partial charge is 0.162 e. The lowest BCUT2D eigenvalue weighted by molar-refractivity contribution is -0.131. The Bertz CT molecular complexity index is 725. The van der Waals surface area contributed by atoms with E-state index in [0.29, 0.717) is 12.8 Å². The van der Waals surface area contributed by atoms with Crippen LogP contribution in [0.1, 0.15) is 52.9 Å². The molecule has 1 N–H and O–H groups in total. The topological polar surface area (TPSA) is 54.4 Å². The number of hydrogen-bond donors (Lipinski definition) is 1. The quantitative estimate of drug-likeness (QED) is 0.762. The van der Waals surface area contributed by atoms with E-state index in [9.17, 15) is 14.7 Å². The number of Topliss-reactive ketones (excluding diaryl/α,β-unsaturated/α-hetero) is 1. The van der Waals surface area contributed by atoms with E-state index in [4.69, 9.17) is 0 Å². The van der Waals surface area contributed by atoms with Crippen LogP contribution in [0.25, 0.3) is 0 Å². The molecule has 0 bridgehead atoms. The number of halogens is 1. The van der Waals surface area contributed by atoms with Gasteiger partial charge in [-0.2, -0.15) is 0 Å². The standard InChI is InChI=1S/C22H29FO3/c1-13-10-17-16-5-4-14-11-15(25)6-7-21(14,3)22(16,23)9-8-20(17,2)19(13)18(26)12-24/h8-9,11,13,16-17,19,24H,4-7,10,12H2,1-3H3/t13-,16+,17+,19-,20+,21+,22-/m1/s1. The minimum absolute atomic E-state index is 0.101. The van der Waals surface area contributed by atoms with E-state index < -0.39 is 17.7 Å². The summed E-state index contributed by atoms with van der Waals surface area (Å²) in [5.41, 5.74) is -1.50. The van der Waals surface area contributed by atoms with Crippen LogP contribution in [0.2, 0.25) is 0 Å². The van der Waals surface area contributed by atoms with Gasteiger partial charge in [0.25, 0.3) is 0 Å². The molecule has 0 amide bonds. The van der Waals surface area contributed by atoms with Gasteiger partial charge in [0.05, 0.1) is 0 Å². The van der Waals surface area contributed by atoms with Crippen LogP contribution in [0.4, 0.5) is 4.39 Å². The predicted octanol–water partition coefficient (Wildman–Crippen LogP) is 3.81. The van der Waals surface area contributed by atoms with Gasteiger partial charge in [0.1, 0.15) is 12.3 Å². The maximum absolute atomic E-state index is 16.6. The molecule has 4 aliphatic carbocycles. The fourth-order valence-corrected chi connectivity index (χ4v) is 7.00. The van der Waals surface area contributed by atoms with Crippen LogP contribution in [-0.2, 0) is 9.59 Å². The molecule has 4 aliphatic rings. The van der Waals surface area contributed by atoms with Gasteiger partial charge in [-0.25, -0.2) is 4.39 Å². The minimum Gasteiger partial charge on any atom is -0.389 e. The molecule has 0 saturated heterocycles. The Morgan fingerprint density at radius 3 is 2.69 bits per heavy atom. The van der Waals surface area contributed by atoms with Gasteiger partial charge in [-0.3, -0.25) is 9.59 Å². The number of alkyl halides is 1. The van der Waals surface area contributed by atoms with Gasteiger partial charge in [-0.15, -0.1) is 0 Å². The van der Waals surface area contributed by atoms with Crippen LogP contribution < -0.4 is 0 Å². The number of ketones is 2. The summed E-state index contributed by atoms with van der Waals surface area (Å²) in [5, 5.41) is 9.43. The lowest BCUT2D eigenvalue weighted by atomic mass is 9.47. The number of aliphatic hydroxyl groups is 1. The zero-order valence-electron chi connectivity index (χ0n) is 15.9. The number of rotatable bonds is 2. The second-order valence-corrected chi connectivity index (χ2v) is 9.50. The van der Waals surface area contributed by atoms with Crippen molar-refractivity contribution in [2.45, 2.75) is 58.5 Å². The van der Waals surface area contributed by atoms with Crippen LogP contribution in [0.3, 0.4) is 0 Å². The Hall–Kier alpha value is -1.29. The summed E-state index contributed by atoms with van der Waals surface area (Å²) in [5.74, 6) is -0.127. The summed E-state index contributed by atoms with van der Waals surface area (Å²) >= 11 is 0. The first kappa shape index (κ1) is 18.1. The maximum Gasteiger partial charge on any atom is 0.162 e. The van der Waals surface area contributed by atoms with Gasteiger partial charge < -0.3 is 5.11 Å². The van der Waals surface area contributed by atoms with Crippen molar-refractivity contribution in [3.8, 4) is 0 Å². The third kappa shape index (κ3) is 2.08. The van der Waals surface area contributed by atoms with E-state index in [1.54, 1.807) is 12.2 Å². The number of carbonyl (C=O) groups is 2. The number of carbonyl (C=O) groups excluding carboxylic acids is 2. The molecule has 0 aliphatic heterocycles. The number of aliphatic hydroxyl groups excluding tert-OH is 1. The molecule has 7 atom stereocenters. The van der Waals surface area contributed by atoms with E-state index >= 15 is 4.39 Å². The van der Waals surface area contributed by atoms with E-state index in [-0.39, 0.29) is 40.7 Å². The molecule has 0 aromatic rings. The predicted molar refractivity (Wildman–Crippen MR) is 97.1 cm³/mol. The zero-order chi connectivity index (χ0) is 18.9. The first-order chi connectivity index (χ1) is 12.2. The van der Waals surface area contributed by atoms with E-state index in [2.05, 4.69) is 13.8 Å². The summed E-state index contributed by atoms with van der Waals surface area (Å²) in [6.07, 6.45) is 8.66. The van der Waals surface area contributed by atoms with Crippen molar-refractivity contribution in [2.24, 2.45) is 34.5 Å². The third-order valence-electron chi connectivity index (χ3n) is 8.36. The largest absolute Gasteiger partial charge is 0.389 e. The molecule has 26 heavy (non-hydrogen) atoms. The van der Waals surface area contributed by atoms with Crippen LogP contribution >= 0.6 is 0 Å². The second kappa shape index (κ2) is 5.60. The van der Waals surface area contributed by atoms with E-state index in [1.807, 2.05) is 13.0 Å². The Morgan fingerprint density at radius 2 is 2.00 bits per heavy atom. The first-order valence-corrected chi connectivity index (χ1v) is 9.94. The second-order valence-electron chi connectivity index (χ2n) is 9.50. The fraction of sp³-hybridized carbons (Fsp3) is 0.727. The molecular weight excluding hydrogens is 331 g/mol. The molecule has 0 aromatic heterocycles. The fourth-order valence-electron chi connectivity index (χ4n) is 7.00.